The van der Waals surface area contributed by atoms with Crippen LogP contribution in [-0.4, -0.2) is 31.3 Å². The monoisotopic (exact) mass is 230 g/mol. The van der Waals surface area contributed by atoms with E-state index in [1.54, 1.807) is 0 Å². The first-order valence-corrected chi connectivity index (χ1v) is 6.44. The topological polar surface area (TPSA) is 41.1 Å². The number of thiol groups is 1. The molecule has 0 aliphatic heterocycles. The molecule has 1 rings (SSSR count). The Morgan fingerprint density at radius 1 is 1.40 bits per heavy atom. The third-order valence-corrected chi connectivity index (χ3v) is 3.60. The summed E-state index contributed by atoms with van der Waals surface area (Å²) >= 11 is 4.29. The maximum atomic E-state index is 11.5. The lowest BCUT2D eigenvalue weighted by Crippen LogP contribution is -2.29. The molecule has 0 unspecified atom stereocenters. The third-order valence-electron chi connectivity index (χ3n) is 2.93. The highest BCUT2D eigenvalue weighted by molar-refractivity contribution is 7.80. The van der Waals surface area contributed by atoms with E-state index in [9.17, 15) is 4.79 Å². The van der Waals surface area contributed by atoms with Crippen LogP contribution in [0, 0.1) is 5.41 Å². The number of amides is 1. The summed E-state index contributed by atoms with van der Waals surface area (Å²) in [6.07, 6.45) is 4.01. The lowest BCUT2D eigenvalue weighted by molar-refractivity contribution is -0.122. The SMILES string of the molecule is CCNCCCNC(=O)CC1(CS)CC1. The molecule has 0 heterocycles. The molecule has 15 heavy (non-hydrogen) atoms. The van der Waals surface area contributed by atoms with E-state index < -0.39 is 0 Å². The predicted molar refractivity (Wildman–Crippen MR) is 66.3 cm³/mol. The van der Waals surface area contributed by atoms with Gasteiger partial charge in [-0.05, 0) is 43.5 Å². The van der Waals surface area contributed by atoms with E-state index in [-0.39, 0.29) is 11.3 Å². The molecule has 1 aliphatic rings. The number of hydrogen-bond donors (Lipinski definition) is 3. The second kappa shape index (κ2) is 6.38. The molecule has 0 spiro atoms. The average molecular weight is 230 g/mol. The molecule has 1 saturated carbocycles. The number of hydrogen-bond acceptors (Lipinski definition) is 3. The Bertz CT molecular complexity index is 205. The molecular weight excluding hydrogens is 208 g/mol. The van der Waals surface area contributed by atoms with Crippen molar-refractivity contribution in [1.29, 1.82) is 0 Å². The van der Waals surface area contributed by atoms with Crippen LogP contribution in [0.2, 0.25) is 0 Å². The molecule has 0 bridgehead atoms. The van der Waals surface area contributed by atoms with E-state index in [0.717, 1.165) is 31.8 Å². The Hall–Kier alpha value is -0.220. The van der Waals surface area contributed by atoms with Gasteiger partial charge in [-0.1, -0.05) is 6.92 Å². The maximum absolute atomic E-state index is 11.5. The van der Waals surface area contributed by atoms with Gasteiger partial charge in [-0.25, -0.2) is 0 Å². The van der Waals surface area contributed by atoms with Crippen LogP contribution in [0.25, 0.3) is 0 Å². The van der Waals surface area contributed by atoms with Crippen LogP contribution >= 0.6 is 12.6 Å². The number of carbonyl (C=O) groups excluding carboxylic acids is 1. The van der Waals surface area contributed by atoms with Crippen LogP contribution in [0.5, 0.6) is 0 Å². The zero-order chi connectivity index (χ0) is 11.1. The van der Waals surface area contributed by atoms with E-state index in [0.29, 0.717) is 6.42 Å². The smallest absolute Gasteiger partial charge is 0.220 e. The highest BCUT2D eigenvalue weighted by atomic mass is 32.1. The molecule has 1 aliphatic carbocycles. The molecule has 4 heteroatoms. The lowest BCUT2D eigenvalue weighted by Gasteiger charge is -2.11. The minimum atomic E-state index is 0.193. The summed E-state index contributed by atoms with van der Waals surface area (Å²) in [6, 6.07) is 0. The van der Waals surface area contributed by atoms with E-state index in [1.165, 1.54) is 12.8 Å². The molecule has 0 atom stereocenters. The van der Waals surface area contributed by atoms with Crippen molar-refractivity contribution in [1.82, 2.24) is 10.6 Å². The van der Waals surface area contributed by atoms with E-state index in [1.807, 2.05) is 0 Å². The molecule has 0 aromatic carbocycles. The van der Waals surface area contributed by atoms with Gasteiger partial charge in [0.2, 0.25) is 5.91 Å². The molecule has 1 fully saturated rings. The zero-order valence-electron chi connectivity index (χ0n) is 9.51. The minimum Gasteiger partial charge on any atom is -0.356 e. The summed E-state index contributed by atoms with van der Waals surface area (Å²) in [5, 5.41) is 6.19. The molecular formula is C11H22N2OS. The Kier molecular flexibility index (Phi) is 5.47. The van der Waals surface area contributed by atoms with Crippen LogP contribution in [0.3, 0.4) is 0 Å². The van der Waals surface area contributed by atoms with Gasteiger partial charge in [0.15, 0.2) is 0 Å². The van der Waals surface area contributed by atoms with Crippen molar-refractivity contribution in [3.05, 3.63) is 0 Å². The van der Waals surface area contributed by atoms with E-state index >= 15 is 0 Å². The maximum Gasteiger partial charge on any atom is 0.220 e. The molecule has 3 nitrogen and oxygen atoms in total. The van der Waals surface area contributed by atoms with Crippen LogP contribution in [0.4, 0.5) is 0 Å². The Balaban J connectivity index is 1.99. The van der Waals surface area contributed by atoms with Gasteiger partial charge in [-0.3, -0.25) is 4.79 Å². The number of carbonyl (C=O) groups is 1. The highest BCUT2D eigenvalue weighted by Crippen LogP contribution is 2.49. The van der Waals surface area contributed by atoms with E-state index in [2.05, 4.69) is 30.2 Å². The first kappa shape index (κ1) is 12.8. The largest absolute Gasteiger partial charge is 0.356 e. The molecule has 2 N–H and O–H groups in total. The Morgan fingerprint density at radius 3 is 2.67 bits per heavy atom. The summed E-state index contributed by atoms with van der Waals surface area (Å²) in [5.41, 5.74) is 0.245. The first-order chi connectivity index (χ1) is 7.22. The van der Waals surface area contributed by atoms with Crippen molar-refractivity contribution in [2.75, 3.05) is 25.4 Å². The summed E-state index contributed by atoms with van der Waals surface area (Å²) in [6.45, 7) is 4.85. The fourth-order valence-corrected chi connectivity index (χ4v) is 2.02. The second-order valence-corrected chi connectivity index (χ2v) is 4.71. The van der Waals surface area contributed by atoms with Crippen molar-refractivity contribution in [2.45, 2.75) is 32.6 Å². The lowest BCUT2D eigenvalue weighted by atomic mass is 10.1. The number of nitrogens with one attached hydrogen (secondary N) is 2. The zero-order valence-corrected chi connectivity index (χ0v) is 10.4. The highest BCUT2D eigenvalue weighted by Gasteiger charge is 2.42. The van der Waals surface area contributed by atoms with Crippen LogP contribution in [-0.2, 0) is 4.79 Å². The quantitative estimate of drug-likeness (QED) is 0.433. The fourth-order valence-electron chi connectivity index (χ4n) is 1.59. The van der Waals surface area contributed by atoms with E-state index in [4.69, 9.17) is 0 Å². The molecule has 1 amide bonds. The van der Waals surface area contributed by atoms with Crippen LogP contribution in [0.1, 0.15) is 32.6 Å². The van der Waals surface area contributed by atoms with Crippen molar-refractivity contribution in [3.8, 4) is 0 Å². The van der Waals surface area contributed by atoms with Gasteiger partial charge in [-0.15, -0.1) is 0 Å². The molecule has 0 aromatic heterocycles. The third kappa shape index (κ3) is 4.89. The average Bonchev–Trinajstić information content (AvgIpc) is 2.98. The Labute approximate surface area is 97.8 Å². The predicted octanol–water partition coefficient (Wildman–Crippen LogP) is 1.20. The van der Waals surface area contributed by atoms with Gasteiger partial charge in [0.05, 0.1) is 0 Å². The molecule has 0 aromatic rings. The summed E-state index contributed by atoms with van der Waals surface area (Å²) in [4.78, 5) is 11.5. The first-order valence-electron chi connectivity index (χ1n) is 5.81. The van der Waals surface area contributed by atoms with Crippen molar-refractivity contribution in [2.24, 2.45) is 5.41 Å². The van der Waals surface area contributed by atoms with Gasteiger partial charge in [-0.2, -0.15) is 12.6 Å². The van der Waals surface area contributed by atoms with Crippen molar-refractivity contribution in [3.63, 3.8) is 0 Å². The molecule has 0 saturated heterocycles. The fraction of sp³-hybridized carbons (Fsp3) is 0.909. The van der Waals surface area contributed by atoms with Gasteiger partial charge in [0, 0.05) is 13.0 Å². The van der Waals surface area contributed by atoms with Gasteiger partial charge >= 0.3 is 0 Å². The van der Waals surface area contributed by atoms with Crippen molar-refractivity contribution < 1.29 is 4.79 Å². The number of rotatable bonds is 8. The standard InChI is InChI=1S/C11H22N2OS/c1-2-12-6-3-7-13-10(14)8-11(9-15)4-5-11/h12,15H,2-9H2,1H3,(H,13,14). The Morgan fingerprint density at radius 2 is 2.13 bits per heavy atom. The van der Waals surface area contributed by atoms with Crippen LogP contribution in [0.15, 0.2) is 0 Å². The van der Waals surface area contributed by atoms with Crippen molar-refractivity contribution >= 4 is 18.5 Å². The molecule has 88 valence electrons. The van der Waals surface area contributed by atoms with Gasteiger partial charge in [0.1, 0.15) is 0 Å². The molecule has 0 radical (unpaired) electrons. The summed E-state index contributed by atoms with van der Waals surface area (Å²) in [5.74, 6) is 1.04. The van der Waals surface area contributed by atoms with Gasteiger partial charge in [0.25, 0.3) is 0 Å². The minimum absolute atomic E-state index is 0.193. The summed E-state index contributed by atoms with van der Waals surface area (Å²) in [7, 11) is 0. The second-order valence-electron chi connectivity index (χ2n) is 4.39. The van der Waals surface area contributed by atoms with Gasteiger partial charge < -0.3 is 10.6 Å². The van der Waals surface area contributed by atoms with Crippen LogP contribution < -0.4 is 10.6 Å². The summed E-state index contributed by atoms with van der Waals surface area (Å²) < 4.78 is 0. The normalized spacial score (nSPS) is 17.5.